The Balaban J connectivity index is 3.20. The largest absolute Gasteiger partial charge is 0.300 e. The molecular weight excluding hydrogens is 176 g/mol. The molecule has 0 aromatic carbocycles. The van der Waals surface area contributed by atoms with Crippen molar-refractivity contribution in [3.8, 4) is 0 Å². The molecular formula is C8H16O3S. The maximum Gasteiger partial charge on any atom is 0.246 e. The molecule has 0 spiro atoms. The van der Waals surface area contributed by atoms with Crippen molar-refractivity contribution in [2.24, 2.45) is 0 Å². The molecule has 0 saturated carbocycles. The van der Waals surface area contributed by atoms with Gasteiger partial charge in [-0.2, -0.15) is 0 Å². The summed E-state index contributed by atoms with van der Waals surface area (Å²) in [6.45, 7) is 2.12. The van der Waals surface area contributed by atoms with E-state index in [1.54, 1.807) is 0 Å². The van der Waals surface area contributed by atoms with Crippen molar-refractivity contribution < 1.29 is 13.6 Å². The average molecular weight is 192 g/mol. The van der Waals surface area contributed by atoms with Gasteiger partial charge in [0.15, 0.2) is 0 Å². The lowest BCUT2D eigenvalue weighted by Gasteiger charge is -1.96. The lowest BCUT2D eigenvalue weighted by atomic mass is 10.1. The van der Waals surface area contributed by atoms with E-state index in [1.807, 2.05) is 0 Å². The number of hydrogen-bond donors (Lipinski definition) is 1. The first-order chi connectivity index (χ1) is 5.68. The molecule has 72 valence electrons. The molecule has 0 fully saturated rings. The highest BCUT2D eigenvalue weighted by Gasteiger charge is 2.06. The van der Waals surface area contributed by atoms with Crippen molar-refractivity contribution in [3.63, 3.8) is 0 Å². The summed E-state index contributed by atoms with van der Waals surface area (Å²) in [5, 5.41) is -0.550. The van der Waals surface area contributed by atoms with Gasteiger partial charge in [-0.1, -0.05) is 32.6 Å². The minimum atomic E-state index is -2.26. The van der Waals surface area contributed by atoms with Crippen LogP contribution in [0.15, 0.2) is 0 Å². The van der Waals surface area contributed by atoms with Crippen LogP contribution in [0.4, 0.5) is 0 Å². The van der Waals surface area contributed by atoms with Crippen molar-refractivity contribution in [1.82, 2.24) is 0 Å². The van der Waals surface area contributed by atoms with E-state index in [-0.39, 0.29) is 6.42 Å². The summed E-state index contributed by atoms with van der Waals surface area (Å²) in [4.78, 5) is 10.6. The summed E-state index contributed by atoms with van der Waals surface area (Å²) in [5.41, 5.74) is 0. The van der Waals surface area contributed by atoms with Crippen LogP contribution < -0.4 is 0 Å². The smallest absolute Gasteiger partial charge is 0.246 e. The van der Waals surface area contributed by atoms with Crippen LogP contribution in [0.3, 0.4) is 0 Å². The van der Waals surface area contributed by atoms with Gasteiger partial charge in [0, 0.05) is 6.42 Å². The first kappa shape index (κ1) is 11.8. The minimum Gasteiger partial charge on any atom is -0.300 e. The highest BCUT2D eigenvalue weighted by atomic mass is 32.2. The Morgan fingerprint density at radius 2 is 1.83 bits per heavy atom. The fourth-order valence-corrected chi connectivity index (χ4v) is 1.28. The highest BCUT2D eigenvalue weighted by molar-refractivity contribution is 7.95. The predicted octanol–water partition coefficient (Wildman–Crippen LogP) is 2.10. The van der Waals surface area contributed by atoms with Crippen molar-refractivity contribution in [2.75, 3.05) is 0 Å². The Kier molecular flexibility index (Phi) is 7.29. The summed E-state index contributed by atoms with van der Waals surface area (Å²) in [7, 11) is 0. The van der Waals surface area contributed by atoms with E-state index >= 15 is 0 Å². The molecule has 0 aromatic heterocycles. The van der Waals surface area contributed by atoms with Gasteiger partial charge in [-0.15, -0.1) is 0 Å². The van der Waals surface area contributed by atoms with Crippen LogP contribution in [0.25, 0.3) is 0 Å². The lowest BCUT2D eigenvalue weighted by Crippen LogP contribution is -2.04. The second-order valence-corrected chi connectivity index (χ2v) is 3.74. The molecule has 4 heteroatoms. The predicted molar refractivity (Wildman–Crippen MR) is 49.2 cm³/mol. The summed E-state index contributed by atoms with van der Waals surface area (Å²) in [5.74, 6) is 0. The third-order valence-corrected chi connectivity index (χ3v) is 2.27. The number of hydrogen-bond acceptors (Lipinski definition) is 2. The molecule has 1 atom stereocenters. The molecule has 1 N–H and O–H groups in total. The Hall–Kier alpha value is -0.220. The quantitative estimate of drug-likeness (QED) is 0.518. The third-order valence-electron chi connectivity index (χ3n) is 1.68. The number of rotatable bonds is 6. The zero-order valence-electron chi connectivity index (χ0n) is 7.41. The Morgan fingerprint density at radius 1 is 1.25 bits per heavy atom. The van der Waals surface area contributed by atoms with Gasteiger partial charge in [-0.25, -0.2) is 4.21 Å². The normalized spacial score (nSPS) is 12.8. The molecule has 0 amide bonds. The highest BCUT2D eigenvalue weighted by Crippen LogP contribution is 2.05. The molecule has 3 nitrogen and oxygen atoms in total. The van der Waals surface area contributed by atoms with E-state index < -0.39 is 16.2 Å². The SMILES string of the molecule is CCCCCCCC(=O)S(=O)O. The number of carbonyl (C=O) groups excluding carboxylic acids is 1. The maximum absolute atomic E-state index is 10.6. The first-order valence-corrected chi connectivity index (χ1v) is 5.42. The standard InChI is InChI=1S/C8H16O3S/c1-2-3-4-5-6-7-8(9)12(10)11/h2-7H2,1H3,(H,10,11). The van der Waals surface area contributed by atoms with Crippen LogP contribution in [0, 0.1) is 0 Å². The minimum absolute atomic E-state index is 0.243. The topological polar surface area (TPSA) is 54.4 Å². The summed E-state index contributed by atoms with van der Waals surface area (Å²) in [6, 6.07) is 0. The molecule has 0 radical (unpaired) electrons. The van der Waals surface area contributed by atoms with Crippen LogP contribution >= 0.6 is 0 Å². The molecule has 0 saturated heterocycles. The fourth-order valence-electron chi connectivity index (χ4n) is 0.960. The zero-order chi connectivity index (χ0) is 9.40. The van der Waals surface area contributed by atoms with Crippen LogP contribution in [0.1, 0.15) is 45.4 Å². The second-order valence-electron chi connectivity index (χ2n) is 2.79. The summed E-state index contributed by atoms with van der Waals surface area (Å²) >= 11 is -2.26. The van der Waals surface area contributed by atoms with E-state index in [0.29, 0.717) is 0 Å². The van der Waals surface area contributed by atoms with Crippen LogP contribution in [0.2, 0.25) is 0 Å². The van der Waals surface area contributed by atoms with E-state index in [9.17, 15) is 9.00 Å². The maximum atomic E-state index is 10.6. The summed E-state index contributed by atoms with van der Waals surface area (Å²) < 4.78 is 18.5. The Morgan fingerprint density at radius 3 is 2.33 bits per heavy atom. The average Bonchev–Trinajstić information content (AvgIpc) is 2.03. The number of carbonyl (C=O) groups is 1. The molecule has 0 aromatic rings. The van der Waals surface area contributed by atoms with Crippen molar-refractivity contribution >= 4 is 16.2 Å². The van der Waals surface area contributed by atoms with Crippen LogP contribution in [-0.4, -0.2) is 13.9 Å². The van der Waals surface area contributed by atoms with Gasteiger partial charge in [0.1, 0.15) is 0 Å². The molecule has 12 heavy (non-hydrogen) atoms. The van der Waals surface area contributed by atoms with Gasteiger partial charge in [0.2, 0.25) is 16.2 Å². The van der Waals surface area contributed by atoms with Crippen molar-refractivity contribution in [1.29, 1.82) is 0 Å². The first-order valence-electron chi connectivity index (χ1n) is 4.32. The van der Waals surface area contributed by atoms with Crippen LogP contribution in [0.5, 0.6) is 0 Å². The molecule has 0 aliphatic heterocycles. The molecule has 0 aliphatic rings. The molecule has 0 aliphatic carbocycles. The van der Waals surface area contributed by atoms with Gasteiger partial charge in [0.05, 0.1) is 0 Å². The van der Waals surface area contributed by atoms with Gasteiger partial charge >= 0.3 is 0 Å². The van der Waals surface area contributed by atoms with Gasteiger partial charge in [0.25, 0.3) is 0 Å². The molecule has 0 bridgehead atoms. The van der Waals surface area contributed by atoms with E-state index in [4.69, 9.17) is 4.55 Å². The molecule has 0 heterocycles. The van der Waals surface area contributed by atoms with Gasteiger partial charge < -0.3 is 4.55 Å². The van der Waals surface area contributed by atoms with Gasteiger partial charge in [-0.3, -0.25) is 4.79 Å². The Labute approximate surface area is 75.8 Å². The van der Waals surface area contributed by atoms with E-state index in [0.717, 1.165) is 19.3 Å². The monoisotopic (exact) mass is 192 g/mol. The van der Waals surface area contributed by atoms with E-state index in [2.05, 4.69) is 6.92 Å². The van der Waals surface area contributed by atoms with E-state index in [1.165, 1.54) is 12.8 Å². The van der Waals surface area contributed by atoms with Gasteiger partial charge in [-0.05, 0) is 6.42 Å². The molecule has 1 unspecified atom stereocenters. The number of unbranched alkanes of at least 4 members (excludes halogenated alkanes) is 4. The van der Waals surface area contributed by atoms with Crippen molar-refractivity contribution in [2.45, 2.75) is 45.4 Å². The van der Waals surface area contributed by atoms with Crippen LogP contribution in [-0.2, 0) is 15.9 Å². The summed E-state index contributed by atoms with van der Waals surface area (Å²) in [6.07, 6.45) is 5.42. The Bertz CT molecular complexity index is 156. The van der Waals surface area contributed by atoms with Crippen molar-refractivity contribution in [3.05, 3.63) is 0 Å². The third kappa shape index (κ3) is 6.49. The zero-order valence-corrected chi connectivity index (χ0v) is 8.23. The molecule has 0 rings (SSSR count). The lowest BCUT2D eigenvalue weighted by molar-refractivity contribution is -0.111. The fraction of sp³-hybridized carbons (Fsp3) is 0.875. The second kappa shape index (κ2) is 7.43.